The van der Waals surface area contributed by atoms with Crippen molar-refractivity contribution in [3.8, 4) is 0 Å². The molecular weight excluding hydrogens is 266 g/mol. The second kappa shape index (κ2) is 5.85. The molecule has 0 atom stereocenters. The van der Waals surface area contributed by atoms with Gasteiger partial charge in [-0.15, -0.1) is 0 Å². The van der Waals surface area contributed by atoms with Gasteiger partial charge >= 0.3 is 0 Å². The van der Waals surface area contributed by atoms with Crippen LogP contribution in [-0.2, 0) is 0 Å². The van der Waals surface area contributed by atoms with Crippen LogP contribution in [0.4, 0.5) is 11.4 Å². The molecule has 20 heavy (non-hydrogen) atoms. The number of nitrogens with zero attached hydrogens (tertiary/aromatic N) is 3. The smallest absolute Gasteiger partial charge is 0.0739 e. The quantitative estimate of drug-likeness (QED) is 0.854. The molecule has 0 amide bonds. The Labute approximate surface area is 124 Å². The van der Waals surface area contributed by atoms with E-state index in [1.807, 2.05) is 24.2 Å². The molecule has 0 bridgehead atoms. The first-order valence-corrected chi connectivity index (χ1v) is 7.70. The molecule has 3 nitrogen and oxygen atoms in total. The van der Waals surface area contributed by atoms with Gasteiger partial charge in [-0.1, -0.05) is 23.9 Å². The summed E-state index contributed by atoms with van der Waals surface area (Å²) in [7, 11) is 4.24. The summed E-state index contributed by atoms with van der Waals surface area (Å²) in [6, 6.07) is 10.7. The van der Waals surface area contributed by atoms with Crippen molar-refractivity contribution in [3.05, 3.63) is 42.7 Å². The van der Waals surface area contributed by atoms with Gasteiger partial charge in [-0.25, -0.2) is 0 Å². The zero-order valence-corrected chi connectivity index (χ0v) is 12.7. The third kappa shape index (κ3) is 2.67. The Morgan fingerprint density at radius 2 is 1.90 bits per heavy atom. The molecule has 0 saturated heterocycles. The highest BCUT2D eigenvalue weighted by Crippen LogP contribution is 2.47. The van der Waals surface area contributed by atoms with Gasteiger partial charge in [0.25, 0.3) is 0 Å². The first kappa shape index (κ1) is 13.5. The van der Waals surface area contributed by atoms with E-state index >= 15 is 0 Å². The minimum atomic E-state index is 1.02. The molecule has 104 valence electrons. The molecule has 0 radical (unpaired) electrons. The van der Waals surface area contributed by atoms with E-state index in [1.165, 1.54) is 21.2 Å². The Morgan fingerprint density at radius 3 is 2.75 bits per heavy atom. The Hall–Kier alpha value is -1.52. The van der Waals surface area contributed by atoms with E-state index in [-0.39, 0.29) is 0 Å². The molecule has 0 saturated carbocycles. The number of fused-ring (bicyclic) bond motifs is 2. The second-order valence-electron chi connectivity index (χ2n) is 5.22. The number of anilines is 2. The van der Waals surface area contributed by atoms with Gasteiger partial charge in [0.15, 0.2) is 0 Å². The van der Waals surface area contributed by atoms with Crippen LogP contribution < -0.4 is 4.90 Å². The SMILES string of the molecule is CN(C)CCCN1c2ccccc2Sc2ccncc21. The van der Waals surface area contributed by atoms with Gasteiger partial charge in [-0.3, -0.25) is 4.98 Å². The number of hydrogen-bond acceptors (Lipinski definition) is 4. The zero-order valence-electron chi connectivity index (χ0n) is 11.9. The molecule has 0 fully saturated rings. The largest absolute Gasteiger partial charge is 0.338 e. The van der Waals surface area contributed by atoms with E-state index in [1.54, 1.807) is 0 Å². The van der Waals surface area contributed by atoms with Crippen molar-refractivity contribution in [2.75, 3.05) is 32.1 Å². The van der Waals surface area contributed by atoms with E-state index in [9.17, 15) is 0 Å². The lowest BCUT2D eigenvalue weighted by Gasteiger charge is -2.32. The van der Waals surface area contributed by atoms with Crippen molar-refractivity contribution in [2.45, 2.75) is 16.2 Å². The molecule has 3 rings (SSSR count). The van der Waals surface area contributed by atoms with E-state index in [2.05, 4.69) is 59.2 Å². The van der Waals surface area contributed by atoms with Crippen LogP contribution in [0.3, 0.4) is 0 Å². The van der Waals surface area contributed by atoms with Crippen LogP contribution in [0.25, 0.3) is 0 Å². The molecule has 1 aromatic heterocycles. The molecule has 1 aromatic carbocycles. The van der Waals surface area contributed by atoms with Crippen molar-refractivity contribution in [1.82, 2.24) is 9.88 Å². The third-order valence-corrected chi connectivity index (χ3v) is 4.55. The van der Waals surface area contributed by atoms with Gasteiger partial charge < -0.3 is 9.80 Å². The highest BCUT2D eigenvalue weighted by atomic mass is 32.2. The summed E-state index contributed by atoms with van der Waals surface area (Å²) in [5.41, 5.74) is 2.53. The highest BCUT2D eigenvalue weighted by molar-refractivity contribution is 7.99. The van der Waals surface area contributed by atoms with Crippen LogP contribution in [0.15, 0.2) is 52.5 Å². The van der Waals surface area contributed by atoms with Gasteiger partial charge in [0, 0.05) is 22.5 Å². The Kier molecular flexibility index (Phi) is 3.94. The third-order valence-electron chi connectivity index (χ3n) is 3.42. The number of benzene rings is 1. The molecule has 0 unspecified atom stereocenters. The summed E-state index contributed by atoms with van der Waals surface area (Å²) >= 11 is 1.83. The maximum atomic E-state index is 4.30. The standard InChI is InChI=1S/C16H19N3S/c1-18(2)10-5-11-19-13-6-3-4-7-15(13)20-16-8-9-17-12-14(16)19/h3-4,6-9,12H,5,10-11H2,1-2H3. The normalized spacial score (nSPS) is 13.2. The van der Waals surface area contributed by atoms with Crippen molar-refractivity contribution < 1.29 is 0 Å². The maximum Gasteiger partial charge on any atom is 0.0739 e. The van der Waals surface area contributed by atoms with Crippen LogP contribution in [0.1, 0.15) is 6.42 Å². The number of hydrogen-bond donors (Lipinski definition) is 0. The summed E-state index contributed by atoms with van der Waals surface area (Å²) in [6.07, 6.45) is 4.99. The Bertz CT molecular complexity index is 552. The fraction of sp³-hybridized carbons (Fsp3) is 0.312. The first-order valence-electron chi connectivity index (χ1n) is 6.89. The number of aromatic nitrogens is 1. The van der Waals surface area contributed by atoms with Gasteiger partial charge in [-0.05, 0) is 45.3 Å². The van der Waals surface area contributed by atoms with Gasteiger partial charge in [-0.2, -0.15) is 0 Å². The summed E-state index contributed by atoms with van der Waals surface area (Å²) in [5, 5.41) is 0. The van der Waals surface area contributed by atoms with Crippen molar-refractivity contribution in [3.63, 3.8) is 0 Å². The number of pyridine rings is 1. The highest BCUT2D eigenvalue weighted by Gasteiger charge is 2.22. The van der Waals surface area contributed by atoms with Crippen molar-refractivity contribution in [1.29, 1.82) is 0 Å². The number of para-hydroxylation sites is 1. The molecule has 1 aliphatic heterocycles. The summed E-state index contributed by atoms with van der Waals surface area (Å²) in [4.78, 5) is 11.6. The fourth-order valence-corrected chi connectivity index (χ4v) is 3.53. The summed E-state index contributed by atoms with van der Waals surface area (Å²) < 4.78 is 0. The van der Waals surface area contributed by atoms with Crippen LogP contribution in [-0.4, -0.2) is 37.1 Å². The molecule has 4 heteroatoms. The Balaban J connectivity index is 1.91. The van der Waals surface area contributed by atoms with Crippen LogP contribution in [0.5, 0.6) is 0 Å². The first-order chi connectivity index (χ1) is 9.75. The average Bonchev–Trinajstić information content (AvgIpc) is 2.46. The van der Waals surface area contributed by atoms with Gasteiger partial charge in [0.2, 0.25) is 0 Å². The average molecular weight is 285 g/mol. The predicted molar refractivity (Wildman–Crippen MR) is 85.0 cm³/mol. The molecule has 2 aromatic rings. The molecule has 1 aliphatic rings. The van der Waals surface area contributed by atoms with Crippen LogP contribution >= 0.6 is 11.8 Å². The molecule has 0 spiro atoms. The lowest BCUT2D eigenvalue weighted by Crippen LogP contribution is -2.25. The summed E-state index contributed by atoms with van der Waals surface area (Å²) in [5.74, 6) is 0. The molecule has 2 heterocycles. The second-order valence-corrected chi connectivity index (χ2v) is 6.31. The maximum absolute atomic E-state index is 4.30. The topological polar surface area (TPSA) is 19.4 Å². The Morgan fingerprint density at radius 1 is 1.10 bits per heavy atom. The predicted octanol–water partition coefficient (Wildman–Crippen LogP) is 3.64. The lowest BCUT2D eigenvalue weighted by molar-refractivity contribution is 0.402. The minimum Gasteiger partial charge on any atom is -0.338 e. The molecule has 0 N–H and O–H groups in total. The van der Waals surface area contributed by atoms with Crippen molar-refractivity contribution >= 4 is 23.1 Å². The van der Waals surface area contributed by atoms with E-state index < -0.39 is 0 Å². The monoisotopic (exact) mass is 285 g/mol. The minimum absolute atomic E-state index is 1.02. The summed E-state index contributed by atoms with van der Waals surface area (Å²) in [6.45, 7) is 2.12. The van der Waals surface area contributed by atoms with Crippen molar-refractivity contribution in [2.24, 2.45) is 0 Å². The van der Waals surface area contributed by atoms with E-state index in [4.69, 9.17) is 0 Å². The fourth-order valence-electron chi connectivity index (χ4n) is 2.46. The zero-order chi connectivity index (χ0) is 13.9. The van der Waals surface area contributed by atoms with Crippen LogP contribution in [0.2, 0.25) is 0 Å². The molecular formula is C16H19N3S. The van der Waals surface area contributed by atoms with E-state index in [0.29, 0.717) is 0 Å². The van der Waals surface area contributed by atoms with Gasteiger partial charge in [0.1, 0.15) is 0 Å². The molecule has 0 aliphatic carbocycles. The van der Waals surface area contributed by atoms with E-state index in [0.717, 1.165) is 19.5 Å². The van der Waals surface area contributed by atoms with Gasteiger partial charge in [0.05, 0.1) is 17.6 Å². The van der Waals surface area contributed by atoms with Crippen LogP contribution in [0, 0.1) is 0 Å². The lowest BCUT2D eigenvalue weighted by atomic mass is 10.2. The number of rotatable bonds is 4.